The van der Waals surface area contributed by atoms with E-state index in [0.717, 1.165) is 0 Å². The molecule has 0 atom stereocenters. The van der Waals surface area contributed by atoms with Crippen LogP contribution in [-0.4, -0.2) is 6.47 Å². The van der Waals surface area contributed by atoms with Gasteiger partial charge in [0, 0.05) is 0 Å². The molecule has 0 unspecified atom stereocenters. The van der Waals surface area contributed by atoms with Crippen molar-refractivity contribution in [3.8, 4) is 5.06 Å². The number of thiophene rings is 1. The fourth-order valence-electron chi connectivity index (χ4n) is 0.363. The Labute approximate surface area is 50.7 Å². The van der Waals surface area contributed by atoms with Crippen LogP contribution in [0.4, 0.5) is 0 Å². The lowest BCUT2D eigenvalue weighted by molar-refractivity contribution is 0.449. The fourth-order valence-corrected chi connectivity index (χ4v) is 0.893. The first-order chi connectivity index (χ1) is 3.93. The average Bonchev–Trinajstić information content (AvgIpc) is 2.19. The maximum atomic E-state index is 9.53. The molecule has 0 spiro atoms. The summed E-state index contributed by atoms with van der Waals surface area (Å²) in [6.07, 6.45) is 0. The van der Waals surface area contributed by atoms with Gasteiger partial charge in [0.1, 0.15) is 0 Å². The molecule has 1 aromatic heterocycles. The Bertz CT molecular complexity index is 157. The smallest absolute Gasteiger partial charge is 0.407 e. The van der Waals surface area contributed by atoms with E-state index in [1.54, 1.807) is 12.1 Å². The van der Waals surface area contributed by atoms with Crippen LogP contribution in [0.5, 0.6) is 5.06 Å². The van der Waals surface area contributed by atoms with Crippen molar-refractivity contribution in [2.75, 3.05) is 0 Å². The molecule has 0 amide bonds. The second kappa shape index (κ2) is 2.47. The van der Waals surface area contributed by atoms with E-state index in [2.05, 4.69) is 4.74 Å². The molecule has 1 radical (unpaired) electrons. The fraction of sp³-hybridized carbons (Fsp3) is 0. The van der Waals surface area contributed by atoms with Gasteiger partial charge in [-0.2, -0.15) is 0 Å². The summed E-state index contributed by atoms with van der Waals surface area (Å²) in [5.41, 5.74) is 0. The second-order valence-corrected chi connectivity index (χ2v) is 2.03. The van der Waals surface area contributed by atoms with Crippen LogP contribution in [0.15, 0.2) is 17.5 Å². The molecule has 0 aliphatic heterocycles. The van der Waals surface area contributed by atoms with E-state index < -0.39 is 0 Å². The lowest BCUT2D eigenvalue weighted by Gasteiger charge is -1.82. The predicted molar refractivity (Wildman–Crippen MR) is 30.6 cm³/mol. The van der Waals surface area contributed by atoms with Gasteiger partial charge >= 0.3 is 6.47 Å². The van der Waals surface area contributed by atoms with E-state index in [1.807, 2.05) is 5.38 Å². The summed E-state index contributed by atoms with van der Waals surface area (Å²) >= 11 is 1.36. The molecule has 2 nitrogen and oxygen atoms in total. The molecule has 0 aliphatic carbocycles. The van der Waals surface area contributed by atoms with E-state index in [-0.39, 0.29) is 0 Å². The molecule has 1 heterocycles. The summed E-state index contributed by atoms with van der Waals surface area (Å²) < 4.78 is 4.36. The first-order valence-electron chi connectivity index (χ1n) is 2.01. The molecule has 0 N–H and O–H groups in total. The summed E-state index contributed by atoms with van der Waals surface area (Å²) in [6, 6.07) is 3.51. The van der Waals surface area contributed by atoms with Gasteiger partial charge in [-0.25, -0.2) is 4.79 Å². The third-order valence-corrected chi connectivity index (χ3v) is 1.38. The summed E-state index contributed by atoms with van der Waals surface area (Å²) in [5.74, 6) is 0. The van der Waals surface area contributed by atoms with Gasteiger partial charge < -0.3 is 4.74 Å². The van der Waals surface area contributed by atoms with Crippen LogP contribution in [0, 0.1) is 0 Å². The Morgan fingerprint density at radius 3 is 3.12 bits per heavy atom. The average molecular weight is 127 g/mol. The van der Waals surface area contributed by atoms with Gasteiger partial charge in [-0.1, -0.05) is 0 Å². The van der Waals surface area contributed by atoms with E-state index >= 15 is 0 Å². The third-order valence-electron chi connectivity index (χ3n) is 0.637. The maximum Gasteiger partial charge on any atom is 0.424 e. The summed E-state index contributed by atoms with van der Waals surface area (Å²) in [7, 11) is 0. The lowest BCUT2D eigenvalue weighted by atomic mass is 10.7. The Hall–Kier alpha value is -0.830. The van der Waals surface area contributed by atoms with Crippen molar-refractivity contribution in [3.63, 3.8) is 0 Å². The molecule has 1 rings (SSSR count). The second-order valence-electron chi connectivity index (χ2n) is 1.12. The standard InChI is InChI=1S/C5H3O2S/c6-4-7-5-2-1-3-8-5/h1-3H. The molecule has 41 valence electrons. The number of hydrogen-bond donors (Lipinski definition) is 0. The number of rotatable bonds is 2. The van der Waals surface area contributed by atoms with Crippen LogP contribution in [0.25, 0.3) is 0 Å². The molecule has 3 heteroatoms. The Balaban J connectivity index is 2.62. The van der Waals surface area contributed by atoms with Crippen molar-refractivity contribution >= 4 is 17.8 Å². The zero-order valence-corrected chi connectivity index (χ0v) is 4.77. The summed E-state index contributed by atoms with van der Waals surface area (Å²) in [5, 5.41) is 2.41. The summed E-state index contributed by atoms with van der Waals surface area (Å²) in [4.78, 5) is 9.53. The van der Waals surface area contributed by atoms with Gasteiger partial charge in [0.05, 0.1) is 0 Å². The van der Waals surface area contributed by atoms with Crippen molar-refractivity contribution in [3.05, 3.63) is 17.5 Å². The van der Waals surface area contributed by atoms with Gasteiger partial charge in [-0.3, -0.25) is 0 Å². The molecular formula is C5H3O2S. The van der Waals surface area contributed by atoms with Gasteiger partial charge in [0.15, 0.2) is 5.06 Å². The van der Waals surface area contributed by atoms with E-state index in [0.29, 0.717) is 5.06 Å². The predicted octanol–water partition coefficient (Wildman–Crippen LogP) is 1.19. The van der Waals surface area contributed by atoms with Crippen molar-refractivity contribution in [1.82, 2.24) is 0 Å². The third kappa shape index (κ3) is 1.07. The maximum absolute atomic E-state index is 9.53. The van der Waals surface area contributed by atoms with Crippen LogP contribution in [0.3, 0.4) is 0 Å². The number of ether oxygens (including phenoxy) is 1. The number of hydrogen-bond acceptors (Lipinski definition) is 3. The Kier molecular flexibility index (Phi) is 1.64. The zero-order valence-electron chi connectivity index (χ0n) is 3.96. The SMILES string of the molecule is O=[C]Oc1cccs1. The van der Waals surface area contributed by atoms with Crippen LogP contribution in [-0.2, 0) is 4.79 Å². The Morgan fingerprint density at radius 1 is 1.75 bits per heavy atom. The van der Waals surface area contributed by atoms with Crippen LogP contribution >= 0.6 is 11.3 Å². The van der Waals surface area contributed by atoms with E-state index in [9.17, 15) is 4.79 Å². The molecule has 0 saturated heterocycles. The highest BCUT2D eigenvalue weighted by Crippen LogP contribution is 2.16. The van der Waals surface area contributed by atoms with Crippen LogP contribution < -0.4 is 4.74 Å². The first-order valence-corrected chi connectivity index (χ1v) is 2.89. The highest BCUT2D eigenvalue weighted by molar-refractivity contribution is 7.11. The Morgan fingerprint density at radius 2 is 2.62 bits per heavy atom. The summed E-state index contributed by atoms with van der Waals surface area (Å²) in [6.45, 7) is 1.33. The number of carbonyl (C=O) groups excluding carboxylic acids is 1. The lowest BCUT2D eigenvalue weighted by Crippen LogP contribution is -1.82. The van der Waals surface area contributed by atoms with Gasteiger partial charge in [-0.15, -0.1) is 11.3 Å². The molecular weight excluding hydrogens is 124 g/mol. The highest BCUT2D eigenvalue weighted by atomic mass is 32.1. The highest BCUT2D eigenvalue weighted by Gasteiger charge is 1.88. The van der Waals surface area contributed by atoms with Crippen LogP contribution in [0.1, 0.15) is 0 Å². The van der Waals surface area contributed by atoms with Crippen molar-refractivity contribution in [1.29, 1.82) is 0 Å². The molecule has 0 fully saturated rings. The van der Waals surface area contributed by atoms with Gasteiger partial charge in [0.2, 0.25) is 0 Å². The van der Waals surface area contributed by atoms with Crippen LogP contribution in [0.2, 0.25) is 0 Å². The van der Waals surface area contributed by atoms with E-state index in [1.165, 1.54) is 17.8 Å². The molecule has 8 heavy (non-hydrogen) atoms. The topological polar surface area (TPSA) is 26.3 Å². The molecule has 0 saturated carbocycles. The van der Waals surface area contributed by atoms with Gasteiger partial charge in [0.25, 0.3) is 0 Å². The van der Waals surface area contributed by atoms with Gasteiger partial charge in [-0.05, 0) is 17.5 Å². The van der Waals surface area contributed by atoms with Crippen molar-refractivity contribution < 1.29 is 9.53 Å². The molecule has 0 bridgehead atoms. The molecule has 0 aliphatic rings. The monoisotopic (exact) mass is 127 g/mol. The van der Waals surface area contributed by atoms with E-state index in [4.69, 9.17) is 0 Å². The largest absolute Gasteiger partial charge is 0.424 e. The normalized spacial score (nSPS) is 8.50. The molecule has 0 aromatic carbocycles. The zero-order chi connectivity index (χ0) is 5.82. The quantitative estimate of drug-likeness (QED) is 0.596. The minimum Gasteiger partial charge on any atom is -0.407 e. The first kappa shape index (κ1) is 5.31. The van der Waals surface area contributed by atoms with Crippen molar-refractivity contribution in [2.45, 2.75) is 0 Å². The minimum atomic E-state index is 0.583. The minimum absolute atomic E-state index is 0.583. The van der Waals surface area contributed by atoms with Crippen molar-refractivity contribution in [2.24, 2.45) is 0 Å². The molecule has 1 aromatic rings.